The number of ether oxygens (including phenoxy) is 2. The van der Waals surface area contributed by atoms with E-state index in [0.29, 0.717) is 13.2 Å². The van der Waals surface area contributed by atoms with E-state index in [1.54, 1.807) is 20.8 Å². The Morgan fingerprint density at radius 2 is 1.80 bits per heavy atom. The van der Waals surface area contributed by atoms with Crippen LogP contribution < -0.4 is 0 Å². The fourth-order valence-electron chi connectivity index (χ4n) is 0.817. The smallest absolute Gasteiger partial charge is 0.302 e. The van der Waals surface area contributed by atoms with Gasteiger partial charge in [-0.1, -0.05) is 6.92 Å². The number of carbonyl (C=O) groups excluding carboxylic acids is 1. The molecule has 0 heterocycles. The van der Waals surface area contributed by atoms with Crippen LogP contribution >= 0.6 is 0 Å². The Labute approximate surface area is 91.6 Å². The molecule has 2 atom stereocenters. The summed E-state index contributed by atoms with van der Waals surface area (Å²) >= 11 is 0. The highest BCUT2D eigenvalue weighted by atomic mass is 16.5. The summed E-state index contributed by atoms with van der Waals surface area (Å²) in [7, 11) is 0. The summed E-state index contributed by atoms with van der Waals surface area (Å²) in [6, 6.07) is 0. The molecule has 0 aliphatic rings. The zero-order chi connectivity index (χ0) is 12.1. The molecule has 0 aromatic heterocycles. The van der Waals surface area contributed by atoms with Gasteiger partial charge in [0, 0.05) is 12.8 Å². The molecular formula is C11H21O4. The van der Waals surface area contributed by atoms with E-state index >= 15 is 0 Å². The minimum absolute atomic E-state index is 0.110. The molecule has 0 rings (SSSR count). The van der Waals surface area contributed by atoms with Crippen molar-refractivity contribution >= 4 is 5.97 Å². The first-order chi connectivity index (χ1) is 6.73. The Morgan fingerprint density at radius 1 is 1.27 bits per heavy atom. The molecule has 4 heteroatoms. The topological polar surface area (TPSA) is 55.4 Å². The fourth-order valence-corrected chi connectivity index (χ4v) is 0.817. The van der Waals surface area contributed by atoms with Crippen molar-refractivity contribution in [2.24, 2.45) is 5.92 Å². The summed E-state index contributed by atoms with van der Waals surface area (Å²) in [5.41, 5.74) is -1.10. The largest absolute Gasteiger partial charge is 0.466 e. The zero-order valence-electron chi connectivity index (χ0n) is 10.2. The van der Waals surface area contributed by atoms with Gasteiger partial charge in [-0.2, -0.15) is 0 Å². The minimum atomic E-state index is -1.10. The van der Waals surface area contributed by atoms with Gasteiger partial charge in [-0.25, -0.2) is 5.11 Å². The van der Waals surface area contributed by atoms with Gasteiger partial charge in [0.25, 0.3) is 0 Å². The maximum atomic E-state index is 11.5. The third-order valence-electron chi connectivity index (χ3n) is 2.18. The van der Waals surface area contributed by atoms with Crippen molar-refractivity contribution in [1.29, 1.82) is 0 Å². The van der Waals surface area contributed by atoms with Crippen molar-refractivity contribution in [2.75, 3.05) is 13.2 Å². The molecule has 89 valence electrons. The van der Waals surface area contributed by atoms with Gasteiger partial charge in [-0.3, -0.25) is 4.79 Å². The van der Waals surface area contributed by atoms with E-state index in [-0.39, 0.29) is 18.0 Å². The summed E-state index contributed by atoms with van der Waals surface area (Å²) in [6.07, 6.45) is -0.350. The molecule has 2 unspecified atom stereocenters. The van der Waals surface area contributed by atoms with Gasteiger partial charge in [-0.15, -0.1) is 0 Å². The highest BCUT2D eigenvalue weighted by molar-refractivity contribution is 5.65. The standard InChI is InChI=1S/C11H21O4/c1-8(7-15-10(3)12)6-14-9(2)11(4,5)13/h8-9H,6-7H2,1-5H3. The summed E-state index contributed by atoms with van der Waals surface area (Å²) in [4.78, 5) is 10.5. The number of carbonyl (C=O) groups is 1. The third-order valence-corrected chi connectivity index (χ3v) is 2.18. The summed E-state index contributed by atoms with van der Waals surface area (Å²) in [5, 5.41) is 11.5. The van der Waals surface area contributed by atoms with E-state index in [0.717, 1.165) is 0 Å². The highest BCUT2D eigenvalue weighted by Gasteiger charge is 2.25. The third kappa shape index (κ3) is 7.33. The van der Waals surface area contributed by atoms with E-state index in [9.17, 15) is 9.90 Å². The molecule has 0 bridgehead atoms. The van der Waals surface area contributed by atoms with Gasteiger partial charge in [-0.05, 0) is 20.8 Å². The Morgan fingerprint density at radius 3 is 2.20 bits per heavy atom. The zero-order valence-corrected chi connectivity index (χ0v) is 10.2. The van der Waals surface area contributed by atoms with Crippen LogP contribution in [-0.2, 0) is 19.4 Å². The van der Waals surface area contributed by atoms with Crippen molar-refractivity contribution in [1.82, 2.24) is 0 Å². The fraction of sp³-hybridized carbons (Fsp3) is 0.909. The molecule has 0 aromatic rings. The predicted molar refractivity (Wildman–Crippen MR) is 56.0 cm³/mol. The first-order valence-electron chi connectivity index (χ1n) is 5.19. The van der Waals surface area contributed by atoms with Crippen LogP contribution in [0, 0.1) is 5.92 Å². The van der Waals surface area contributed by atoms with E-state index in [2.05, 4.69) is 0 Å². The molecule has 15 heavy (non-hydrogen) atoms. The molecule has 0 aliphatic carbocycles. The van der Waals surface area contributed by atoms with Crippen molar-refractivity contribution < 1.29 is 19.4 Å². The molecule has 1 radical (unpaired) electrons. The van der Waals surface area contributed by atoms with E-state index in [1.807, 2.05) is 6.92 Å². The van der Waals surface area contributed by atoms with Gasteiger partial charge in [0.2, 0.25) is 0 Å². The number of hydrogen-bond donors (Lipinski definition) is 0. The Hall–Kier alpha value is -0.610. The van der Waals surface area contributed by atoms with Crippen molar-refractivity contribution in [3.8, 4) is 0 Å². The van der Waals surface area contributed by atoms with Crippen molar-refractivity contribution in [3.63, 3.8) is 0 Å². The van der Waals surface area contributed by atoms with E-state index in [4.69, 9.17) is 9.47 Å². The maximum absolute atomic E-state index is 11.5. The van der Waals surface area contributed by atoms with Crippen LogP contribution in [0.25, 0.3) is 0 Å². The summed E-state index contributed by atoms with van der Waals surface area (Å²) < 4.78 is 10.2. The molecule has 0 aromatic carbocycles. The van der Waals surface area contributed by atoms with E-state index < -0.39 is 5.60 Å². The Balaban J connectivity index is 3.71. The second kappa shape index (κ2) is 6.08. The van der Waals surface area contributed by atoms with E-state index in [1.165, 1.54) is 6.92 Å². The maximum Gasteiger partial charge on any atom is 0.302 e. The molecule has 0 saturated heterocycles. The van der Waals surface area contributed by atoms with Crippen LogP contribution in [-0.4, -0.2) is 30.9 Å². The molecule has 0 spiro atoms. The molecule has 0 fully saturated rings. The predicted octanol–water partition coefficient (Wildman–Crippen LogP) is 1.80. The highest BCUT2D eigenvalue weighted by Crippen LogP contribution is 2.13. The summed E-state index contributed by atoms with van der Waals surface area (Å²) in [5.74, 6) is -0.183. The lowest BCUT2D eigenvalue weighted by atomic mass is 10.0. The normalized spacial score (nSPS) is 15.9. The second-order valence-corrected chi connectivity index (χ2v) is 4.49. The van der Waals surface area contributed by atoms with Gasteiger partial charge < -0.3 is 9.47 Å². The van der Waals surface area contributed by atoms with Crippen LogP contribution in [0.3, 0.4) is 0 Å². The van der Waals surface area contributed by atoms with Gasteiger partial charge >= 0.3 is 5.97 Å². The van der Waals surface area contributed by atoms with Crippen LogP contribution in [0.2, 0.25) is 0 Å². The molecule has 0 amide bonds. The first kappa shape index (κ1) is 14.4. The molecule has 0 N–H and O–H groups in total. The number of hydrogen-bond acceptors (Lipinski definition) is 3. The molecule has 4 nitrogen and oxygen atoms in total. The van der Waals surface area contributed by atoms with Crippen LogP contribution in [0.1, 0.15) is 34.6 Å². The van der Waals surface area contributed by atoms with Gasteiger partial charge in [0.15, 0.2) is 0 Å². The van der Waals surface area contributed by atoms with Gasteiger partial charge in [0.05, 0.1) is 19.3 Å². The number of esters is 1. The quantitative estimate of drug-likeness (QED) is 0.637. The summed E-state index contributed by atoms with van der Waals surface area (Å²) in [6.45, 7) is 8.99. The van der Waals surface area contributed by atoms with Crippen molar-refractivity contribution in [2.45, 2.75) is 46.3 Å². The Kier molecular flexibility index (Phi) is 5.83. The molecule has 0 saturated carbocycles. The second-order valence-electron chi connectivity index (χ2n) is 4.49. The number of rotatable bonds is 6. The average molecular weight is 217 g/mol. The first-order valence-corrected chi connectivity index (χ1v) is 5.19. The molecule has 0 aliphatic heterocycles. The van der Waals surface area contributed by atoms with Crippen LogP contribution in [0.15, 0.2) is 0 Å². The SMILES string of the molecule is CC(=O)OCC(C)COC(C)C(C)(C)[O]. The Bertz CT molecular complexity index is 195. The van der Waals surface area contributed by atoms with Crippen LogP contribution in [0.4, 0.5) is 0 Å². The van der Waals surface area contributed by atoms with Crippen molar-refractivity contribution in [3.05, 3.63) is 0 Å². The lowest BCUT2D eigenvalue weighted by molar-refractivity contribution is -0.145. The molecular weight excluding hydrogens is 196 g/mol. The van der Waals surface area contributed by atoms with Crippen LogP contribution in [0.5, 0.6) is 0 Å². The minimum Gasteiger partial charge on any atom is -0.466 e. The monoisotopic (exact) mass is 217 g/mol. The lowest BCUT2D eigenvalue weighted by Crippen LogP contribution is -2.35. The van der Waals surface area contributed by atoms with Gasteiger partial charge in [0.1, 0.15) is 5.60 Å². The lowest BCUT2D eigenvalue weighted by Gasteiger charge is -2.25. The average Bonchev–Trinajstić information content (AvgIpc) is 2.09.